The van der Waals surface area contributed by atoms with Gasteiger partial charge in [0.25, 0.3) is 5.91 Å². The maximum atomic E-state index is 12.0. The Kier molecular flexibility index (Phi) is 8.02. The number of aryl methyl sites for hydroxylation is 1. The molecule has 29 heavy (non-hydrogen) atoms. The predicted molar refractivity (Wildman–Crippen MR) is 107 cm³/mol. The van der Waals surface area contributed by atoms with E-state index in [0.29, 0.717) is 36.0 Å². The third-order valence-electron chi connectivity index (χ3n) is 3.64. The number of rotatable bonds is 8. The van der Waals surface area contributed by atoms with Gasteiger partial charge in [0, 0.05) is 11.8 Å². The quantitative estimate of drug-likeness (QED) is 0.659. The van der Waals surface area contributed by atoms with E-state index in [0.717, 1.165) is 5.56 Å². The Balaban J connectivity index is 1.87. The van der Waals surface area contributed by atoms with E-state index in [9.17, 15) is 14.4 Å². The average molecular weight is 400 g/mol. The molecule has 8 heteroatoms. The molecule has 0 heterocycles. The minimum atomic E-state index is -0.756. The molecule has 2 aromatic carbocycles. The number of hydrogen-bond acceptors (Lipinski definition) is 6. The number of anilines is 1. The lowest BCUT2D eigenvalue weighted by molar-refractivity contribution is -0.123. The van der Waals surface area contributed by atoms with E-state index in [1.165, 1.54) is 0 Å². The minimum absolute atomic E-state index is 0.333. The van der Waals surface area contributed by atoms with Gasteiger partial charge < -0.3 is 19.5 Å². The SMILES string of the molecule is CCOc1ccc(NC(=O)NC(=O)COC(=O)c2cccc(C)c2)cc1OCC. The van der Waals surface area contributed by atoms with Gasteiger partial charge in [0.15, 0.2) is 18.1 Å². The smallest absolute Gasteiger partial charge is 0.338 e. The van der Waals surface area contributed by atoms with Crippen LogP contribution in [0.15, 0.2) is 42.5 Å². The summed E-state index contributed by atoms with van der Waals surface area (Å²) in [5.74, 6) is -0.360. The first-order chi connectivity index (χ1) is 13.9. The zero-order valence-electron chi connectivity index (χ0n) is 16.6. The molecule has 2 N–H and O–H groups in total. The van der Waals surface area contributed by atoms with Crippen LogP contribution in [0.25, 0.3) is 0 Å². The fraction of sp³-hybridized carbons (Fsp3) is 0.286. The number of imide groups is 1. The fourth-order valence-electron chi connectivity index (χ4n) is 2.44. The van der Waals surface area contributed by atoms with Crippen LogP contribution in [0.2, 0.25) is 0 Å². The summed E-state index contributed by atoms with van der Waals surface area (Å²) in [7, 11) is 0. The lowest BCUT2D eigenvalue weighted by atomic mass is 10.1. The van der Waals surface area contributed by atoms with Gasteiger partial charge in [0.2, 0.25) is 0 Å². The molecule has 2 rings (SSSR count). The van der Waals surface area contributed by atoms with Crippen LogP contribution in [-0.2, 0) is 9.53 Å². The van der Waals surface area contributed by atoms with Crippen molar-refractivity contribution in [3.63, 3.8) is 0 Å². The molecule has 0 atom stereocenters. The van der Waals surface area contributed by atoms with E-state index < -0.39 is 24.5 Å². The molecule has 0 unspecified atom stereocenters. The minimum Gasteiger partial charge on any atom is -0.490 e. The second kappa shape index (κ2) is 10.7. The molecule has 0 radical (unpaired) electrons. The molecule has 154 valence electrons. The number of nitrogens with one attached hydrogen (secondary N) is 2. The zero-order valence-corrected chi connectivity index (χ0v) is 16.6. The number of benzene rings is 2. The van der Waals surface area contributed by atoms with Crippen molar-refractivity contribution >= 4 is 23.6 Å². The maximum Gasteiger partial charge on any atom is 0.338 e. The molecule has 0 bridgehead atoms. The van der Waals surface area contributed by atoms with Crippen LogP contribution in [0.5, 0.6) is 11.5 Å². The van der Waals surface area contributed by atoms with Gasteiger partial charge in [-0.1, -0.05) is 17.7 Å². The maximum absolute atomic E-state index is 12.0. The normalized spacial score (nSPS) is 10.0. The Morgan fingerprint density at radius 1 is 0.931 bits per heavy atom. The molecule has 0 spiro atoms. The molecular formula is C21H24N2O6. The van der Waals surface area contributed by atoms with Crippen LogP contribution in [0.4, 0.5) is 10.5 Å². The van der Waals surface area contributed by atoms with Crippen LogP contribution in [0.3, 0.4) is 0 Å². The summed E-state index contributed by atoms with van der Waals surface area (Å²) in [6.45, 7) is 5.86. The average Bonchev–Trinajstić information content (AvgIpc) is 2.68. The molecule has 0 aliphatic carbocycles. The summed E-state index contributed by atoms with van der Waals surface area (Å²) in [6.07, 6.45) is 0. The largest absolute Gasteiger partial charge is 0.490 e. The topological polar surface area (TPSA) is 103 Å². The van der Waals surface area contributed by atoms with Crippen LogP contribution in [-0.4, -0.2) is 37.7 Å². The Morgan fingerprint density at radius 3 is 2.34 bits per heavy atom. The van der Waals surface area contributed by atoms with E-state index >= 15 is 0 Å². The van der Waals surface area contributed by atoms with Gasteiger partial charge in [0.1, 0.15) is 0 Å². The van der Waals surface area contributed by atoms with E-state index in [-0.39, 0.29) is 0 Å². The number of esters is 1. The number of hydrogen-bond donors (Lipinski definition) is 2. The van der Waals surface area contributed by atoms with Crippen molar-refractivity contribution in [3.05, 3.63) is 53.6 Å². The predicted octanol–water partition coefficient (Wildman–Crippen LogP) is 3.30. The number of urea groups is 1. The molecule has 0 fully saturated rings. The summed E-state index contributed by atoms with van der Waals surface area (Å²) < 4.78 is 15.9. The van der Waals surface area contributed by atoms with Gasteiger partial charge in [-0.3, -0.25) is 10.1 Å². The Hall–Kier alpha value is -3.55. The lowest BCUT2D eigenvalue weighted by Crippen LogP contribution is -2.37. The summed E-state index contributed by atoms with van der Waals surface area (Å²) in [4.78, 5) is 35.8. The molecule has 8 nitrogen and oxygen atoms in total. The highest BCUT2D eigenvalue weighted by molar-refractivity contribution is 6.02. The van der Waals surface area contributed by atoms with Gasteiger partial charge in [-0.05, 0) is 45.0 Å². The molecular weight excluding hydrogens is 376 g/mol. The second-order valence-corrected chi connectivity index (χ2v) is 5.98. The molecule has 0 aliphatic rings. The van der Waals surface area contributed by atoms with Gasteiger partial charge in [-0.2, -0.15) is 0 Å². The van der Waals surface area contributed by atoms with Crippen molar-refractivity contribution in [2.24, 2.45) is 0 Å². The molecule has 0 saturated heterocycles. The summed E-state index contributed by atoms with van der Waals surface area (Å²) >= 11 is 0. The number of carbonyl (C=O) groups is 3. The van der Waals surface area contributed by atoms with Gasteiger partial charge in [0.05, 0.1) is 18.8 Å². The molecule has 0 aromatic heterocycles. The van der Waals surface area contributed by atoms with Crippen molar-refractivity contribution in [1.82, 2.24) is 5.32 Å². The molecule has 2 aromatic rings. The van der Waals surface area contributed by atoms with Crippen molar-refractivity contribution in [1.29, 1.82) is 0 Å². The number of ether oxygens (including phenoxy) is 3. The van der Waals surface area contributed by atoms with Crippen molar-refractivity contribution in [2.75, 3.05) is 25.1 Å². The molecule has 0 aliphatic heterocycles. The van der Waals surface area contributed by atoms with Gasteiger partial charge in [-0.25, -0.2) is 9.59 Å². The van der Waals surface area contributed by atoms with Crippen molar-refractivity contribution in [2.45, 2.75) is 20.8 Å². The number of amides is 3. The number of carbonyl (C=O) groups excluding carboxylic acids is 3. The molecule has 3 amide bonds. The Morgan fingerprint density at radius 2 is 1.66 bits per heavy atom. The lowest BCUT2D eigenvalue weighted by Gasteiger charge is -2.13. The van der Waals surface area contributed by atoms with Crippen LogP contribution in [0, 0.1) is 6.92 Å². The van der Waals surface area contributed by atoms with Crippen LogP contribution in [0.1, 0.15) is 29.8 Å². The first kappa shape index (κ1) is 21.7. The van der Waals surface area contributed by atoms with Crippen LogP contribution >= 0.6 is 0 Å². The first-order valence-corrected chi connectivity index (χ1v) is 9.17. The highest BCUT2D eigenvalue weighted by Crippen LogP contribution is 2.30. The molecule has 0 saturated carbocycles. The summed E-state index contributed by atoms with van der Waals surface area (Å²) in [6, 6.07) is 10.9. The summed E-state index contributed by atoms with van der Waals surface area (Å²) in [5.41, 5.74) is 1.64. The van der Waals surface area contributed by atoms with Crippen molar-refractivity contribution < 1.29 is 28.6 Å². The fourth-order valence-corrected chi connectivity index (χ4v) is 2.44. The Bertz CT molecular complexity index is 881. The summed E-state index contributed by atoms with van der Waals surface area (Å²) in [5, 5.41) is 4.62. The van der Waals surface area contributed by atoms with E-state index in [1.807, 2.05) is 26.8 Å². The third-order valence-corrected chi connectivity index (χ3v) is 3.64. The highest BCUT2D eigenvalue weighted by Gasteiger charge is 2.14. The zero-order chi connectivity index (χ0) is 21.2. The van der Waals surface area contributed by atoms with Crippen LogP contribution < -0.4 is 20.1 Å². The second-order valence-electron chi connectivity index (χ2n) is 5.98. The van der Waals surface area contributed by atoms with E-state index in [4.69, 9.17) is 14.2 Å². The van der Waals surface area contributed by atoms with E-state index in [1.54, 1.807) is 36.4 Å². The van der Waals surface area contributed by atoms with Gasteiger partial charge in [-0.15, -0.1) is 0 Å². The van der Waals surface area contributed by atoms with E-state index in [2.05, 4.69) is 10.6 Å². The monoisotopic (exact) mass is 400 g/mol. The van der Waals surface area contributed by atoms with Gasteiger partial charge >= 0.3 is 12.0 Å². The highest BCUT2D eigenvalue weighted by atomic mass is 16.5. The van der Waals surface area contributed by atoms with Crippen molar-refractivity contribution in [3.8, 4) is 11.5 Å². The third kappa shape index (κ3) is 6.84. The Labute approximate surface area is 169 Å². The first-order valence-electron chi connectivity index (χ1n) is 9.17. The standard InChI is InChI=1S/C21H24N2O6/c1-4-27-17-10-9-16(12-18(17)28-5-2)22-21(26)23-19(24)13-29-20(25)15-8-6-7-14(3)11-15/h6-12H,4-5,13H2,1-3H3,(H2,22,23,24,26).